The van der Waals surface area contributed by atoms with E-state index in [9.17, 15) is 4.79 Å². The van der Waals surface area contributed by atoms with E-state index in [1.165, 1.54) is 5.56 Å². The largest absolute Gasteiger partial charge is 0.354 e. The Kier molecular flexibility index (Phi) is 5.91. The van der Waals surface area contributed by atoms with Crippen LogP contribution in [-0.4, -0.2) is 53.6 Å². The first-order chi connectivity index (χ1) is 14.2. The van der Waals surface area contributed by atoms with Gasteiger partial charge in [-0.25, -0.2) is 4.98 Å². The molecule has 0 radical (unpaired) electrons. The van der Waals surface area contributed by atoms with Crippen molar-refractivity contribution in [3.05, 3.63) is 83.8 Å². The van der Waals surface area contributed by atoms with Gasteiger partial charge in [-0.15, -0.1) is 0 Å². The van der Waals surface area contributed by atoms with E-state index in [2.05, 4.69) is 39.3 Å². The summed E-state index contributed by atoms with van der Waals surface area (Å²) < 4.78 is 1.97. The molecule has 0 atom stereocenters. The van der Waals surface area contributed by atoms with Crippen LogP contribution in [0.3, 0.4) is 0 Å². The molecular formula is C23H27N5O. The summed E-state index contributed by atoms with van der Waals surface area (Å²) in [5, 5.41) is 3.01. The summed E-state index contributed by atoms with van der Waals surface area (Å²) in [6.07, 6.45) is 3.80. The molecule has 6 nitrogen and oxygen atoms in total. The molecule has 29 heavy (non-hydrogen) atoms. The highest BCUT2D eigenvalue weighted by Crippen LogP contribution is 2.14. The van der Waals surface area contributed by atoms with Crippen molar-refractivity contribution >= 4 is 11.7 Å². The van der Waals surface area contributed by atoms with Crippen molar-refractivity contribution in [2.24, 2.45) is 0 Å². The van der Waals surface area contributed by atoms with Gasteiger partial charge >= 0.3 is 0 Å². The average molecular weight is 390 g/mol. The highest BCUT2D eigenvalue weighted by atomic mass is 16.1. The van der Waals surface area contributed by atoms with Crippen LogP contribution in [0.1, 0.15) is 21.6 Å². The molecular weight excluding hydrogens is 362 g/mol. The third-order valence-corrected chi connectivity index (χ3v) is 5.35. The minimum atomic E-state index is -0.0749. The number of likely N-dealkylation sites (N-methyl/N-ethyl adjacent to an activating group) is 1. The third kappa shape index (κ3) is 4.84. The number of amides is 1. The van der Waals surface area contributed by atoms with Crippen molar-refractivity contribution in [2.75, 3.05) is 38.1 Å². The van der Waals surface area contributed by atoms with Crippen LogP contribution >= 0.6 is 0 Å². The number of piperazine rings is 1. The average Bonchev–Trinajstić information content (AvgIpc) is 3.22. The van der Waals surface area contributed by atoms with E-state index >= 15 is 0 Å². The molecule has 3 heterocycles. The molecule has 2 aromatic heterocycles. The predicted octanol–water partition coefficient (Wildman–Crippen LogP) is 2.61. The van der Waals surface area contributed by atoms with E-state index in [4.69, 9.17) is 0 Å². The van der Waals surface area contributed by atoms with Crippen molar-refractivity contribution in [2.45, 2.75) is 13.1 Å². The second kappa shape index (κ2) is 8.92. The lowest BCUT2D eigenvalue weighted by Gasteiger charge is -2.33. The van der Waals surface area contributed by atoms with Gasteiger partial charge in [-0.05, 0) is 36.4 Å². The highest BCUT2D eigenvalue weighted by molar-refractivity contribution is 5.92. The van der Waals surface area contributed by atoms with Crippen molar-refractivity contribution in [1.29, 1.82) is 0 Å². The van der Waals surface area contributed by atoms with Crippen LogP contribution in [-0.2, 0) is 13.1 Å². The topological polar surface area (TPSA) is 53.4 Å². The summed E-state index contributed by atoms with van der Waals surface area (Å²) in [6, 6.07) is 18.0. The molecule has 1 saturated heterocycles. The molecule has 6 heteroatoms. The van der Waals surface area contributed by atoms with Crippen LogP contribution in [0.2, 0.25) is 0 Å². The fourth-order valence-electron chi connectivity index (χ4n) is 3.55. The molecule has 150 valence electrons. The first kappa shape index (κ1) is 19.2. The highest BCUT2D eigenvalue weighted by Gasteiger charge is 2.15. The molecule has 1 fully saturated rings. The predicted molar refractivity (Wildman–Crippen MR) is 115 cm³/mol. The quantitative estimate of drug-likeness (QED) is 0.704. The molecule has 4 rings (SSSR count). The number of aromatic nitrogens is 2. The molecule has 1 aromatic carbocycles. The van der Waals surface area contributed by atoms with Crippen molar-refractivity contribution < 1.29 is 4.79 Å². The summed E-state index contributed by atoms with van der Waals surface area (Å²) in [6.45, 7) is 5.25. The number of hydrogen-bond acceptors (Lipinski definition) is 4. The maximum Gasteiger partial charge on any atom is 0.268 e. The van der Waals surface area contributed by atoms with Gasteiger partial charge in [0.1, 0.15) is 11.5 Å². The number of nitrogens with zero attached hydrogens (tertiary/aromatic N) is 4. The van der Waals surface area contributed by atoms with E-state index in [1.807, 2.05) is 59.4 Å². The minimum Gasteiger partial charge on any atom is -0.354 e. The Labute approximate surface area is 171 Å². The summed E-state index contributed by atoms with van der Waals surface area (Å²) in [5.41, 5.74) is 2.83. The first-order valence-electron chi connectivity index (χ1n) is 10.0. The standard InChI is InChI=1S/C23H27N5O/c1-26-12-14-27(15-13-26)22-10-9-20(16-24-22)17-25-23(29)21-8-5-11-28(21)18-19-6-3-2-4-7-19/h2-11,16H,12-15,17-18H2,1H3,(H,25,29). The summed E-state index contributed by atoms with van der Waals surface area (Å²) in [7, 11) is 2.15. The Morgan fingerprint density at radius 2 is 1.76 bits per heavy atom. The van der Waals surface area contributed by atoms with Gasteiger partial charge in [0.25, 0.3) is 5.91 Å². The molecule has 1 N–H and O–H groups in total. The number of carbonyl (C=O) groups is 1. The van der Waals surface area contributed by atoms with Crippen LogP contribution in [0.5, 0.6) is 0 Å². The smallest absolute Gasteiger partial charge is 0.268 e. The number of benzene rings is 1. The lowest BCUT2D eigenvalue weighted by molar-refractivity contribution is 0.0942. The monoisotopic (exact) mass is 389 g/mol. The zero-order valence-corrected chi connectivity index (χ0v) is 16.8. The fraction of sp³-hybridized carbons (Fsp3) is 0.304. The van der Waals surface area contributed by atoms with Crippen molar-refractivity contribution in [1.82, 2.24) is 19.8 Å². The van der Waals surface area contributed by atoms with Gasteiger partial charge in [-0.2, -0.15) is 0 Å². The number of rotatable bonds is 6. The third-order valence-electron chi connectivity index (χ3n) is 5.35. The van der Waals surface area contributed by atoms with E-state index in [0.717, 1.165) is 37.6 Å². The summed E-state index contributed by atoms with van der Waals surface area (Å²) in [4.78, 5) is 21.9. The van der Waals surface area contributed by atoms with E-state index in [-0.39, 0.29) is 5.91 Å². The van der Waals surface area contributed by atoms with Crippen LogP contribution < -0.4 is 10.2 Å². The van der Waals surface area contributed by atoms with Gasteiger partial charge in [0, 0.05) is 51.7 Å². The number of anilines is 1. The summed E-state index contributed by atoms with van der Waals surface area (Å²) >= 11 is 0. The van der Waals surface area contributed by atoms with E-state index < -0.39 is 0 Å². The molecule has 0 spiro atoms. The van der Waals surface area contributed by atoms with Gasteiger partial charge in [-0.1, -0.05) is 36.4 Å². The van der Waals surface area contributed by atoms with Gasteiger partial charge in [0.2, 0.25) is 0 Å². The Balaban J connectivity index is 1.34. The number of carbonyl (C=O) groups excluding carboxylic acids is 1. The number of nitrogens with one attached hydrogen (secondary N) is 1. The lowest BCUT2D eigenvalue weighted by Crippen LogP contribution is -2.44. The molecule has 1 aliphatic rings. The van der Waals surface area contributed by atoms with E-state index in [0.29, 0.717) is 18.8 Å². The maximum absolute atomic E-state index is 12.7. The van der Waals surface area contributed by atoms with Crippen molar-refractivity contribution in [3.8, 4) is 0 Å². The fourth-order valence-corrected chi connectivity index (χ4v) is 3.55. The second-order valence-electron chi connectivity index (χ2n) is 7.50. The zero-order valence-electron chi connectivity index (χ0n) is 16.8. The van der Waals surface area contributed by atoms with Crippen LogP contribution in [0.15, 0.2) is 67.0 Å². The van der Waals surface area contributed by atoms with Crippen molar-refractivity contribution in [3.63, 3.8) is 0 Å². The van der Waals surface area contributed by atoms with Crippen LogP contribution in [0, 0.1) is 0 Å². The molecule has 1 aliphatic heterocycles. The minimum absolute atomic E-state index is 0.0749. The molecule has 0 bridgehead atoms. The Morgan fingerprint density at radius 3 is 2.48 bits per heavy atom. The lowest BCUT2D eigenvalue weighted by atomic mass is 10.2. The maximum atomic E-state index is 12.7. The van der Waals surface area contributed by atoms with Gasteiger partial charge in [0.05, 0.1) is 0 Å². The van der Waals surface area contributed by atoms with Crippen LogP contribution in [0.25, 0.3) is 0 Å². The number of pyridine rings is 1. The molecule has 3 aromatic rings. The Hall–Kier alpha value is -3.12. The molecule has 0 unspecified atom stereocenters. The second-order valence-corrected chi connectivity index (χ2v) is 7.50. The molecule has 0 saturated carbocycles. The van der Waals surface area contributed by atoms with Gasteiger partial charge < -0.3 is 19.7 Å². The van der Waals surface area contributed by atoms with Crippen LogP contribution in [0.4, 0.5) is 5.82 Å². The Morgan fingerprint density at radius 1 is 0.966 bits per heavy atom. The SMILES string of the molecule is CN1CCN(c2ccc(CNC(=O)c3cccn3Cc3ccccc3)cn2)CC1. The van der Waals surface area contributed by atoms with Gasteiger partial charge in [0.15, 0.2) is 0 Å². The zero-order chi connectivity index (χ0) is 20.1. The van der Waals surface area contributed by atoms with Gasteiger partial charge in [-0.3, -0.25) is 4.79 Å². The number of hydrogen-bond donors (Lipinski definition) is 1. The Bertz CT molecular complexity index is 927. The first-order valence-corrected chi connectivity index (χ1v) is 10.0. The molecule has 1 amide bonds. The normalized spacial score (nSPS) is 14.7. The summed E-state index contributed by atoms with van der Waals surface area (Å²) in [5.74, 6) is 0.930. The van der Waals surface area contributed by atoms with E-state index in [1.54, 1.807) is 0 Å². The molecule has 0 aliphatic carbocycles.